The van der Waals surface area contributed by atoms with Gasteiger partial charge in [0.05, 0.1) is 16.6 Å². The van der Waals surface area contributed by atoms with Crippen molar-refractivity contribution in [3.8, 4) is 5.69 Å². The molecule has 1 N–H and O–H groups in total. The van der Waals surface area contributed by atoms with Gasteiger partial charge in [-0.1, -0.05) is 146 Å². The molecule has 0 amide bonds. The van der Waals surface area contributed by atoms with E-state index in [1.54, 1.807) is 11.3 Å². The van der Waals surface area contributed by atoms with Crippen LogP contribution < -0.4 is 5.32 Å². The van der Waals surface area contributed by atoms with E-state index < -0.39 is 6.17 Å². The average Bonchev–Trinajstić information content (AvgIpc) is 4.14. The van der Waals surface area contributed by atoms with Crippen LogP contribution in [0, 0.1) is 0 Å². The first-order chi connectivity index (χ1) is 32.7. The number of fused-ring (bicyclic) bond motifs is 15. The van der Waals surface area contributed by atoms with Gasteiger partial charge in [-0.15, -0.1) is 22.7 Å². The third-order valence-corrected chi connectivity index (χ3v) is 16.1. The summed E-state index contributed by atoms with van der Waals surface area (Å²) in [5.41, 5.74) is 7.95. The Balaban J connectivity index is 1.04. The zero-order valence-electron chi connectivity index (χ0n) is 35.1. The first-order valence-corrected chi connectivity index (χ1v) is 23.9. The SMILES string of the molecule is c1ccc2cc3c(cc2c1)c1ccc2ccccc2c1n3-c1cc(C2=NC(c3cccc4c3sc3ccccc34)=NC(c3cccc4c3sc3ccccc34)N2)c2oc3ccccc3c2c1. The van der Waals surface area contributed by atoms with E-state index in [4.69, 9.17) is 14.4 Å². The zero-order valence-corrected chi connectivity index (χ0v) is 36.8. The number of para-hydroxylation sites is 1. The summed E-state index contributed by atoms with van der Waals surface area (Å²) in [5, 5.41) is 18.2. The number of hydrogen-bond donors (Lipinski definition) is 1. The number of rotatable bonds is 4. The van der Waals surface area contributed by atoms with Crippen molar-refractivity contribution in [2.24, 2.45) is 9.98 Å². The van der Waals surface area contributed by atoms with Crippen LogP contribution in [0.15, 0.2) is 209 Å². The van der Waals surface area contributed by atoms with E-state index in [2.05, 4.69) is 198 Å². The van der Waals surface area contributed by atoms with Crippen LogP contribution in [0.4, 0.5) is 0 Å². The fourth-order valence-corrected chi connectivity index (χ4v) is 13.1. The summed E-state index contributed by atoms with van der Waals surface area (Å²) in [6.45, 7) is 0. The molecule has 0 spiro atoms. The number of amidine groups is 2. The van der Waals surface area contributed by atoms with Crippen LogP contribution in [0.25, 0.3) is 111 Å². The fraction of sp³-hybridized carbons (Fsp3) is 0.0169. The second-order valence-corrected chi connectivity index (χ2v) is 19.4. The Kier molecular flexibility index (Phi) is 7.53. The predicted octanol–water partition coefficient (Wildman–Crippen LogP) is 16.2. The second-order valence-electron chi connectivity index (χ2n) is 17.3. The van der Waals surface area contributed by atoms with Crippen LogP contribution in [0.5, 0.6) is 0 Å². The molecule has 1 atom stereocenters. The number of furan rings is 1. The van der Waals surface area contributed by atoms with E-state index in [0.29, 0.717) is 11.7 Å². The van der Waals surface area contributed by atoms with Gasteiger partial charge in [-0.2, -0.15) is 0 Å². The first-order valence-electron chi connectivity index (χ1n) is 22.2. The summed E-state index contributed by atoms with van der Waals surface area (Å²) in [4.78, 5) is 11.2. The molecule has 0 bridgehead atoms. The molecule has 1 aliphatic rings. The molecule has 0 saturated heterocycles. The highest BCUT2D eigenvalue weighted by molar-refractivity contribution is 7.26. The number of benzene rings is 10. The van der Waals surface area contributed by atoms with E-state index >= 15 is 0 Å². The van der Waals surface area contributed by atoms with Gasteiger partial charge in [0.1, 0.15) is 23.2 Å². The molecule has 5 heterocycles. The maximum Gasteiger partial charge on any atom is 0.160 e. The quantitative estimate of drug-likeness (QED) is 0.191. The largest absolute Gasteiger partial charge is 0.455 e. The minimum atomic E-state index is -0.444. The number of hydrogen-bond acceptors (Lipinski definition) is 6. The normalized spacial score (nSPS) is 14.5. The van der Waals surface area contributed by atoms with Gasteiger partial charge in [0, 0.05) is 84.1 Å². The highest BCUT2D eigenvalue weighted by Gasteiger charge is 2.28. The standard InChI is InChI=1S/C59H34N4OS2/c1-2-15-35-30-49-46(29-34(35)14-1)41-28-27-33-13-3-4-16-37(33)53(41)63(49)36-31-47-38-17-5-8-24-50(38)64-54(47)48(32-36)59-61-57(44-22-11-20-42-39-18-6-9-25-51(39)65-55(42)44)60-58(62-59)45-23-12-21-43-40-19-7-10-26-52(40)66-56(43)45/h1-32,57H,(H,60,61,62). The van der Waals surface area contributed by atoms with Crippen molar-refractivity contribution in [1.29, 1.82) is 0 Å². The molecule has 1 aliphatic heterocycles. The maximum absolute atomic E-state index is 6.95. The van der Waals surface area contributed by atoms with Gasteiger partial charge in [0.2, 0.25) is 0 Å². The van der Waals surface area contributed by atoms with Gasteiger partial charge >= 0.3 is 0 Å². The molecule has 66 heavy (non-hydrogen) atoms. The Morgan fingerprint density at radius 2 is 1.12 bits per heavy atom. The fourth-order valence-electron chi connectivity index (χ4n) is 10.6. The second kappa shape index (κ2) is 13.7. The van der Waals surface area contributed by atoms with Gasteiger partial charge in [-0.05, 0) is 64.7 Å². The van der Waals surface area contributed by atoms with Crippen LogP contribution in [0.3, 0.4) is 0 Å². The smallest absolute Gasteiger partial charge is 0.160 e. The van der Waals surface area contributed by atoms with E-state index in [1.807, 2.05) is 17.4 Å². The number of nitrogens with one attached hydrogen (secondary N) is 1. The molecule has 0 saturated carbocycles. The van der Waals surface area contributed by atoms with Gasteiger partial charge in [-0.25, -0.2) is 9.98 Å². The zero-order chi connectivity index (χ0) is 43.0. The van der Waals surface area contributed by atoms with Crippen LogP contribution >= 0.6 is 22.7 Å². The van der Waals surface area contributed by atoms with Crippen molar-refractivity contribution in [3.05, 3.63) is 211 Å². The van der Waals surface area contributed by atoms with Crippen LogP contribution in [-0.2, 0) is 0 Å². The molecule has 0 radical (unpaired) electrons. The number of thiophene rings is 2. The Hall–Kier alpha value is -8.10. The van der Waals surface area contributed by atoms with Gasteiger partial charge in [0.25, 0.3) is 0 Å². The van der Waals surface area contributed by atoms with Crippen LogP contribution in [0.2, 0.25) is 0 Å². The molecule has 308 valence electrons. The summed E-state index contributed by atoms with van der Waals surface area (Å²) in [6.07, 6.45) is -0.444. The molecule has 1 unspecified atom stereocenters. The average molecular weight is 879 g/mol. The third kappa shape index (κ3) is 5.21. The Morgan fingerprint density at radius 3 is 1.94 bits per heavy atom. The van der Waals surface area contributed by atoms with E-state index in [1.165, 1.54) is 78.2 Å². The summed E-state index contributed by atoms with van der Waals surface area (Å²) < 4.78 is 14.3. The van der Waals surface area contributed by atoms with Crippen LogP contribution in [-0.4, -0.2) is 16.2 Å². The van der Waals surface area contributed by atoms with Crippen LogP contribution in [0.1, 0.15) is 22.9 Å². The highest BCUT2D eigenvalue weighted by atomic mass is 32.1. The maximum atomic E-state index is 6.95. The van der Waals surface area contributed by atoms with Crippen molar-refractivity contribution in [3.63, 3.8) is 0 Å². The summed E-state index contributed by atoms with van der Waals surface area (Å²) >= 11 is 3.62. The Morgan fingerprint density at radius 1 is 0.470 bits per heavy atom. The Labute approximate surface area is 384 Å². The lowest BCUT2D eigenvalue weighted by Crippen LogP contribution is -2.33. The number of aliphatic imine (C=N–C) groups is 2. The lowest BCUT2D eigenvalue weighted by atomic mass is 10.0. The Bertz CT molecular complexity index is 4470. The highest BCUT2D eigenvalue weighted by Crippen LogP contribution is 2.44. The van der Waals surface area contributed by atoms with Crippen molar-refractivity contribution in [2.75, 3.05) is 0 Å². The minimum Gasteiger partial charge on any atom is -0.455 e. The molecule has 14 aromatic rings. The molecule has 4 aromatic heterocycles. The summed E-state index contributed by atoms with van der Waals surface area (Å²) in [7, 11) is 0. The van der Waals surface area contributed by atoms with E-state index in [9.17, 15) is 0 Å². The van der Waals surface area contributed by atoms with Gasteiger partial charge in [-0.3, -0.25) is 0 Å². The molecule has 0 fully saturated rings. The van der Waals surface area contributed by atoms with Crippen molar-refractivity contribution >= 4 is 140 Å². The van der Waals surface area contributed by atoms with Crippen molar-refractivity contribution in [1.82, 2.24) is 9.88 Å². The minimum absolute atomic E-state index is 0.444. The van der Waals surface area contributed by atoms with E-state index in [-0.39, 0.29) is 0 Å². The van der Waals surface area contributed by atoms with Gasteiger partial charge < -0.3 is 14.3 Å². The predicted molar refractivity (Wildman–Crippen MR) is 281 cm³/mol. The van der Waals surface area contributed by atoms with Gasteiger partial charge in [0.15, 0.2) is 5.84 Å². The lowest BCUT2D eigenvalue weighted by Gasteiger charge is -2.25. The first kappa shape index (κ1) is 36.3. The number of aromatic nitrogens is 1. The monoisotopic (exact) mass is 878 g/mol. The topological polar surface area (TPSA) is 54.8 Å². The van der Waals surface area contributed by atoms with Crippen molar-refractivity contribution < 1.29 is 4.42 Å². The number of nitrogens with zero attached hydrogens (tertiary/aromatic N) is 3. The summed E-state index contributed by atoms with van der Waals surface area (Å²) in [5.74, 6) is 1.40. The molecule has 5 nitrogen and oxygen atoms in total. The lowest BCUT2D eigenvalue weighted by molar-refractivity contribution is 0.661. The molecule has 7 heteroatoms. The molecular weight excluding hydrogens is 845 g/mol. The molecular formula is C59H34N4OS2. The van der Waals surface area contributed by atoms with E-state index in [0.717, 1.165) is 49.8 Å². The molecule has 10 aromatic carbocycles. The van der Waals surface area contributed by atoms with Crippen molar-refractivity contribution in [2.45, 2.75) is 6.17 Å². The molecule has 0 aliphatic carbocycles. The molecule has 15 rings (SSSR count). The third-order valence-electron chi connectivity index (χ3n) is 13.6. The summed E-state index contributed by atoms with van der Waals surface area (Å²) in [6, 6.07) is 70.1.